The maximum atomic E-state index is 5.73. The number of hydrogen-bond donors (Lipinski definition) is 1. The molecule has 0 bridgehead atoms. The molecule has 0 radical (unpaired) electrons. The van der Waals surface area contributed by atoms with Crippen LogP contribution in [0, 0.1) is 20.8 Å². The van der Waals surface area contributed by atoms with Gasteiger partial charge >= 0.3 is 0 Å². The van der Waals surface area contributed by atoms with Crippen molar-refractivity contribution in [3.63, 3.8) is 0 Å². The van der Waals surface area contributed by atoms with Gasteiger partial charge < -0.3 is 10.2 Å². The van der Waals surface area contributed by atoms with E-state index in [2.05, 4.69) is 32.9 Å². The van der Waals surface area contributed by atoms with Crippen LogP contribution in [0.5, 0.6) is 0 Å². The molecule has 0 saturated carbocycles. The van der Waals surface area contributed by atoms with Crippen molar-refractivity contribution < 1.29 is 4.42 Å². The lowest BCUT2D eigenvalue weighted by atomic mass is 10.1. The van der Waals surface area contributed by atoms with Crippen molar-refractivity contribution in [2.75, 3.05) is 0 Å². The summed E-state index contributed by atoms with van der Waals surface area (Å²) in [4.78, 5) is 0. The normalized spacial score (nSPS) is 11.1. The Morgan fingerprint density at radius 3 is 2.50 bits per heavy atom. The molecule has 1 heterocycles. The first kappa shape index (κ1) is 9.28. The van der Waals surface area contributed by atoms with E-state index in [1.54, 1.807) is 0 Å². The molecule has 0 spiro atoms. The van der Waals surface area contributed by atoms with Crippen molar-refractivity contribution in [1.29, 1.82) is 0 Å². The Hall–Kier alpha value is -1.28. The molecule has 2 heteroatoms. The maximum absolute atomic E-state index is 5.73. The van der Waals surface area contributed by atoms with Crippen LogP contribution in [-0.2, 0) is 6.54 Å². The third-order valence-electron chi connectivity index (χ3n) is 2.91. The van der Waals surface area contributed by atoms with Crippen LogP contribution < -0.4 is 5.73 Å². The predicted molar refractivity (Wildman–Crippen MR) is 58.3 cm³/mol. The highest BCUT2D eigenvalue weighted by Crippen LogP contribution is 2.28. The van der Waals surface area contributed by atoms with Gasteiger partial charge in [0.05, 0.1) is 6.54 Å². The highest BCUT2D eigenvalue weighted by Gasteiger charge is 2.11. The van der Waals surface area contributed by atoms with Crippen molar-refractivity contribution in [2.45, 2.75) is 27.3 Å². The third kappa shape index (κ3) is 1.15. The summed E-state index contributed by atoms with van der Waals surface area (Å²) in [5, 5.41) is 1.19. The molecule has 0 saturated heterocycles. The summed E-state index contributed by atoms with van der Waals surface area (Å²) in [6, 6.07) is 4.23. The molecule has 0 aliphatic carbocycles. The zero-order valence-electron chi connectivity index (χ0n) is 8.85. The number of nitrogens with two attached hydrogens (primary N) is 1. The van der Waals surface area contributed by atoms with Gasteiger partial charge in [0.15, 0.2) is 0 Å². The molecular weight excluding hydrogens is 174 g/mol. The van der Waals surface area contributed by atoms with Gasteiger partial charge in [0.1, 0.15) is 11.3 Å². The molecule has 0 amide bonds. The summed E-state index contributed by atoms with van der Waals surface area (Å²) in [5.74, 6) is 0.897. The van der Waals surface area contributed by atoms with Gasteiger partial charge in [-0.2, -0.15) is 0 Å². The minimum atomic E-state index is 0.471. The monoisotopic (exact) mass is 189 g/mol. The molecule has 2 N–H and O–H groups in total. The Bertz CT molecular complexity index is 483. The quantitative estimate of drug-likeness (QED) is 0.749. The fourth-order valence-electron chi connectivity index (χ4n) is 1.76. The lowest BCUT2D eigenvalue weighted by molar-refractivity contribution is 0.546. The van der Waals surface area contributed by atoms with Crippen LogP contribution in [0.25, 0.3) is 11.0 Å². The fraction of sp³-hybridized carbons (Fsp3) is 0.333. The van der Waals surface area contributed by atoms with Crippen molar-refractivity contribution in [3.8, 4) is 0 Å². The second-order valence-corrected chi connectivity index (χ2v) is 3.74. The topological polar surface area (TPSA) is 39.2 Å². The molecule has 0 fully saturated rings. The van der Waals surface area contributed by atoms with Gasteiger partial charge in [0, 0.05) is 5.39 Å². The van der Waals surface area contributed by atoms with Gasteiger partial charge in [-0.15, -0.1) is 0 Å². The Morgan fingerprint density at radius 1 is 1.14 bits per heavy atom. The second-order valence-electron chi connectivity index (χ2n) is 3.74. The average molecular weight is 189 g/mol. The van der Waals surface area contributed by atoms with Crippen LogP contribution in [0.4, 0.5) is 0 Å². The van der Waals surface area contributed by atoms with Crippen LogP contribution in [0.15, 0.2) is 16.5 Å². The smallest absolute Gasteiger partial charge is 0.137 e. The highest BCUT2D eigenvalue weighted by molar-refractivity contribution is 5.85. The molecule has 0 atom stereocenters. The molecule has 2 nitrogen and oxygen atoms in total. The van der Waals surface area contributed by atoms with Crippen LogP contribution in [0.3, 0.4) is 0 Å². The van der Waals surface area contributed by atoms with Crippen LogP contribution in [0.2, 0.25) is 0 Å². The standard InChI is InChI=1S/C12H15NO/c1-7-4-5-10-9(3)11(6-13)14-12(10)8(7)2/h4-5H,6,13H2,1-3H3. The predicted octanol–water partition coefficient (Wildman–Crippen LogP) is 2.82. The van der Waals surface area contributed by atoms with Crippen molar-refractivity contribution in [3.05, 3.63) is 34.6 Å². The molecule has 0 aliphatic heterocycles. The Morgan fingerprint density at radius 2 is 1.86 bits per heavy atom. The van der Waals surface area contributed by atoms with E-state index in [0.29, 0.717) is 6.54 Å². The van der Waals surface area contributed by atoms with E-state index in [-0.39, 0.29) is 0 Å². The van der Waals surface area contributed by atoms with E-state index in [4.69, 9.17) is 10.2 Å². The molecule has 1 aromatic carbocycles. The Labute approximate surface area is 83.7 Å². The van der Waals surface area contributed by atoms with Gasteiger partial charge in [0.25, 0.3) is 0 Å². The molecule has 0 aliphatic rings. The Balaban J connectivity index is 2.85. The van der Waals surface area contributed by atoms with Gasteiger partial charge in [0.2, 0.25) is 0 Å². The number of furan rings is 1. The summed E-state index contributed by atoms with van der Waals surface area (Å²) in [7, 11) is 0. The molecule has 2 aromatic rings. The van der Waals surface area contributed by atoms with Crippen molar-refractivity contribution in [1.82, 2.24) is 0 Å². The average Bonchev–Trinajstić information content (AvgIpc) is 2.50. The molecule has 1 aromatic heterocycles. The molecule has 14 heavy (non-hydrogen) atoms. The van der Waals surface area contributed by atoms with E-state index in [0.717, 1.165) is 11.3 Å². The van der Waals surface area contributed by atoms with Gasteiger partial charge in [-0.25, -0.2) is 0 Å². The SMILES string of the molecule is Cc1ccc2c(C)c(CN)oc2c1C. The zero-order valence-corrected chi connectivity index (χ0v) is 8.85. The van der Waals surface area contributed by atoms with Gasteiger partial charge in [-0.1, -0.05) is 12.1 Å². The minimum Gasteiger partial charge on any atom is -0.459 e. The third-order valence-corrected chi connectivity index (χ3v) is 2.91. The van der Waals surface area contributed by atoms with Crippen LogP contribution >= 0.6 is 0 Å². The minimum absolute atomic E-state index is 0.471. The van der Waals surface area contributed by atoms with Crippen molar-refractivity contribution in [2.24, 2.45) is 5.73 Å². The summed E-state index contributed by atoms with van der Waals surface area (Å²) in [6.07, 6.45) is 0. The summed E-state index contributed by atoms with van der Waals surface area (Å²) in [6.45, 7) is 6.71. The number of benzene rings is 1. The van der Waals surface area contributed by atoms with E-state index >= 15 is 0 Å². The lowest BCUT2D eigenvalue weighted by Crippen LogP contribution is -1.95. The molecule has 74 valence electrons. The number of rotatable bonds is 1. The number of aryl methyl sites for hydroxylation is 3. The second kappa shape index (κ2) is 3.14. The van der Waals surface area contributed by atoms with Gasteiger partial charge in [-0.05, 0) is 37.5 Å². The first-order valence-corrected chi connectivity index (χ1v) is 4.83. The summed E-state index contributed by atoms with van der Waals surface area (Å²) >= 11 is 0. The van der Waals surface area contributed by atoms with Gasteiger partial charge in [-0.3, -0.25) is 0 Å². The van der Waals surface area contributed by atoms with E-state index in [9.17, 15) is 0 Å². The first-order chi connectivity index (χ1) is 6.65. The first-order valence-electron chi connectivity index (χ1n) is 4.83. The van der Waals surface area contributed by atoms with Crippen LogP contribution in [0.1, 0.15) is 22.5 Å². The summed E-state index contributed by atoms with van der Waals surface area (Å²) in [5.41, 5.74) is 10.2. The molecular formula is C12H15NO. The molecule has 2 rings (SSSR count). The Kier molecular flexibility index (Phi) is 2.08. The zero-order chi connectivity index (χ0) is 10.3. The maximum Gasteiger partial charge on any atom is 0.137 e. The highest BCUT2D eigenvalue weighted by atomic mass is 16.3. The fourth-order valence-corrected chi connectivity index (χ4v) is 1.76. The number of hydrogen-bond acceptors (Lipinski definition) is 2. The molecule has 0 unspecified atom stereocenters. The van der Waals surface area contributed by atoms with E-state index in [1.807, 2.05) is 0 Å². The van der Waals surface area contributed by atoms with Crippen LogP contribution in [-0.4, -0.2) is 0 Å². The van der Waals surface area contributed by atoms with E-state index < -0.39 is 0 Å². The largest absolute Gasteiger partial charge is 0.459 e. The van der Waals surface area contributed by atoms with Crippen molar-refractivity contribution >= 4 is 11.0 Å². The lowest BCUT2D eigenvalue weighted by Gasteiger charge is -1.98. The van der Waals surface area contributed by atoms with E-state index in [1.165, 1.54) is 22.1 Å². The summed E-state index contributed by atoms with van der Waals surface area (Å²) < 4.78 is 5.73. The number of fused-ring (bicyclic) bond motifs is 1.